The molecule has 2 aliphatic heterocycles. The van der Waals surface area contributed by atoms with Gasteiger partial charge in [-0.25, -0.2) is 13.2 Å². The van der Waals surface area contributed by atoms with Crippen molar-refractivity contribution in [1.82, 2.24) is 10.6 Å². The van der Waals surface area contributed by atoms with Crippen LogP contribution < -0.4 is 16.0 Å². The highest BCUT2D eigenvalue weighted by molar-refractivity contribution is 8.15. The van der Waals surface area contributed by atoms with E-state index in [1.165, 1.54) is 0 Å². The molecule has 4 amide bonds. The first-order valence-electron chi connectivity index (χ1n) is 8.85. The van der Waals surface area contributed by atoms with Gasteiger partial charge in [-0.3, -0.25) is 29.8 Å². The summed E-state index contributed by atoms with van der Waals surface area (Å²) in [4.78, 5) is 47.5. The molecular weight excluding hydrogens is 435 g/mol. The summed E-state index contributed by atoms with van der Waals surface area (Å²) in [5.41, 5.74) is -0.669. The minimum absolute atomic E-state index is 0.221. The van der Waals surface area contributed by atoms with E-state index in [-0.39, 0.29) is 12.1 Å². The summed E-state index contributed by atoms with van der Waals surface area (Å²) in [6, 6.07) is 7.36. The molecule has 1 saturated heterocycles. The Balaban J connectivity index is 1.67. The molecule has 1 unspecified atom stereocenters. The minimum atomic E-state index is -1.50. The summed E-state index contributed by atoms with van der Waals surface area (Å²) in [6.07, 6.45) is 0.221. The fraction of sp³-hybridized carbons (Fsp3) is 0.100. The zero-order chi connectivity index (χ0) is 22.3. The second-order valence-electron chi connectivity index (χ2n) is 6.70. The molecule has 11 heteroatoms. The third-order valence-corrected chi connectivity index (χ3v) is 5.56. The number of imide groups is 2. The average molecular weight is 447 g/mol. The Hall–Kier alpha value is -3.60. The molecule has 0 aromatic heterocycles. The van der Waals surface area contributed by atoms with Crippen LogP contribution in [0.15, 0.2) is 42.1 Å². The van der Waals surface area contributed by atoms with Crippen molar-refractivity contribution in [3.05, 3.63) is 70.7 Å². The number of nitrogens with one attached hydrogen (secondary N) is 3. The standard InChI is InChI=1S/C20H12F3N3O4S/c21-9-6-11(15(23)12(22)7-9)14-16(19(29)25-18(14)28)24-10-3-1-2-8(4-10)5-13-17(27)26-20(30)31-13/h1-4,6-7,13H,5H2,(H,26,27,30)(H2,24,25,28,29). The first-order chi connectivity index (χ1) is 14.7. The van der Waals surface area contributed by atoms with E-state index in [1.54, 1.807) is 24.3 Å². The third-order valence-electron chi connectivity index (χ3n) is 4.58. The lowest BCUT2D eigenvalue weighted by Crippen LogP contribution is -2.25. The predicted octanol–water partition coefficient (Wildman–Crippen LogP) is 2.48. The van der Waals surface area contributed by atoms with Crippen molar-refractivity contribution in [2.24, 2.45) is 0 Å². The van der Waals surface area contributed by atoms with Crippen LogP contribution in [-0.2, 0) is 20.8 Å². The Morgan fingerprint density at radius 1 is 0.968 bits per heavy atom. The van der Waals surface area contributed by atoms with E-state index < -0.39 is 56.8 Å². The number of hydrogen-bond acceptors (Lipinski definition) is 6. The van der Waals surface area contributed by atoms with Gasteiger partial charge in [0.05, 0.1) is 10.8 Å². The lowest BCUT2D eigenvalue weighted by atomic mass is 10.0. The van der Waals surface area contributed by atoms with E-state index in [1.807, 2.05) is 5.32 Å². The fourth-order valence-electron chi connectivity index (χ4n) is 3.23. The molecule has 158 valence electrons. The summed E-state index contributed by atoms with van der Waals surface area (Å²) in [7, 11) is 0. The number of benzene rings is 2. The topological polar surface area (TPSA) is 104 Å². The second kappa shape index (κ2) is 7.91. The van der Waals surface area contributed by atoms with Gasteiger partial charge in [-0.1, -0.05) is 23.9 Å². The highest BCUT2D eigenvalue weighted by Crippen LogP contribution is 2.30. The minimum Gasteiger partial charge on any atom is -0.350 e. The van der Waals surface area contributed by atoms with Gasteiger partial charge in [0, 0.05) is 17.3 Å². The quantitative estimate of drug-likeness (QED) is 0.481. The number of hydrogen-bond donors (Lipinski definition) is 3. The molecule has 0 radical (unpaired) electrons. The zero-order valence-corrected chi connectivity index (χ0v) is 16.2. The van der Waals surface area contributed by atoms with Crippen LogP contribution in [0.2, 0.25) is 0 Å². The van der Waals surface area contributed by atoms with E-state index in [0.29, 0.717) is 23.4 Å². The maximum Gasteiger partial charge on any atom is 0.286 e. The normalized spacial score (nSPS) is 18.5. The molecule has 31 heavy (non-hydrogen) atoms. The van der Waals surface area contributed by atoms with Crippen molar-refractivity contribution in [2.45, 2.75) is 11.7 Å². The molecule has 2 aromatic rings. The van der Waals surface area contributed by atoms with E-state index in [9.17, 15) is 32.3 Å². The van der Waals surface area contributed by atoms with Gasteiger partial charge >= 0.3 is 0 Å². The number of rotatable bonds is 5. The van der Waals surface area contributed by atoms with Gasteiger partial charge in [0.15, 0.2) is 11.6 Å². The number of halogens is 3. The zero-order valence-electron chi connectivity index (χ0n) is 15.4. The molecule has 7 nitrogen and oxygen atoms in total. The molecule has 2 aromatic carbocycles. The van der Waals surface area contributed by atoms with Crippen LogP contribution in [0.4, 0.5) is 23.7 Å². The molecular formula is C20H12F3N3O4S. The summed E-state index contributed by atoms with van der Waals surface area (Å²) in [5, 5.41) is 5.78. The molecule has 2 heterocycles. The van der Waals surface area contributed by atoms with Crippen molar-refractivity contribution in [3.63, 3.8) is 0 Å². The van der Waals surface area contributed by atoms with Crippen LogP contribution in [0.5, 0.6) is 0 Å². The van der Waals surface area contributed by atoms with Crippen LogP contribution in [0.3, 0.4) is 0 Å². The SMILES string of the molecule is O=C1NC(=O)C(Cc2cccc(NC3=C(c4cc(F)cc(F)c4F)C(=O)NC3=O)c2)S1. The van der Waals surface area contributed by atoms with Gasteiger partial charge in [-0.2, -0.15) is 0 Å². The first-order valence-corrected chi connectivity index (χ1v) is 9.73. The molecule has 0 spiro atoms. The Morgan fingerprint density at radius 2 is 1.74 bits per heavy atom. The van der Waals surface area contributed by atoms with E-state index in [0.717, 1.165) is 11.8 Å². The third kappa shape index (κ3) is 4.04. The Bertz CT molecular complexity index is 1200. The Kier molecular flexibility index (Phi) is 5.27. The maximum atomic E-state index is 14.2. The van der Waals surface area contributed by atoms with Gasteiger partial charge < -0.3 is 5.32 Å². The van der Waals surface area contributed by atoms with Gasteiger partial charge in [0.2, 0.25) is 5.91 Å². The van der Waals surface area contributed by atoms with Crippen molar-refractivity contribution in [1.29, 1.82) is 0 Å². The summed E-state index contributed by atoms with van der Waals surface area (Å²) >= 11 is 0.859. The van der Waals surface area contributed by atoms with Crippen LogP contribution in [-0.4, -0.2) is 28.2 Å². The number of carbonyl (C=O) groups excluding carboxylic acids is 4. The summed E-state index contributed by atoms with van der Waals surface area (Å²) < 4.78 is 41.5. The molecule has 0 saturated carbocycles. The predicted molar refractivity (Wildman–Crippen MR) is 105 cm³/mol. The lowest BCUT2D eigenvalue weighted by molar-refractivity contribution is -0.123. The Labute approximate surface area is 177 Å². The van der Waals surface area contributed by atoms with E-state index >= 15 is 0 Å². The maximum absolute atomic E-state index is 14.2. The van der Waals surface area contributed by atoms with Gasteiger partial charge in [-0.05, 0) is 30.2 Å². The monoisotopic (exact) mass is 447 g/mol. The van der Waals surface area contributed by atoms with E-state index in [4.69, 9.17) is 0 Å². The van der Waals surface area contributed by atoms with Crippen LogP contribution in [0, 0.1) is 17.5 Å². The van der Waals surface area contributed by atoms with Crippen LogP contribution in [0.1, 0.15) is 11.1 Å². The average Bonchev–Trinajstić information content (AvgIpc) is 3.15. The van der Waals surface area contributed by atoms with Gasteiger partial charge in [0.25, 0.3) is 17.1 Å². The van der Waals surface area contributed by atoms with Gasteiger partial charge in [-0.15, -0.1) is 0 Å². The first kappa shape index (κ1) is 20.7. The van der Waals surface area contributed by atoms with Crippen molar-refractivity contribution < 1.29 is 32.3 Å². The fourth-order valence-corrected chi connectivity index (χ4v) is 4.09. The highest BCUT2D eigenvalue weighted by atomic mass is 32.2. The molecule has 0 aliphatic carbocycles. The van der Waals surface area contributed by atoms with Gasteiger partial charge in [0.1, 0.15) is 11.5 Å². The second-order valence-corrected chi connectivity index (χ2v) is 7.87. The van der Waals surface area contributed by atoms with Crippen LogP contribution >= 0.6 is 11.8 Å². The number of anilines is 1. The molecule has 4 rings (SSSR count). The molecule has 2 aliphatic rings. The highest BCUT2D eigenvalue weighted by Gasteiger charge is 2.35. The molecule has 1 fully saturated rings. The van der Waals surface area contributed by atoms with Crippen LogP contribution in [0.25, 0.3) is 5.57 Å². The molecule has 0 bridgehead atoms. The lowest BCUT2D eigenvalue weighted by Gasteiger charge is -2.11. The Morgan fingerprint density at radius 3 is 2.45 bits per heavy atom. The largest absolute Gasteiger partial charge is 0.350 e. The summed E-state index contributed by atoms with van der Waals surface area (Å²) in [5.74, 6) is -6.41. The van der Waals surface area contributed by atoms with Crippen molar-refractivity contribution in [2.75, 3.05) is 5.32 Å². The number of thioether (sulfide) groups is 1. The summed E-state index contributed by atoms with van der Waals surface area (Å²) in [6.45, 7) is 0. The number of carbonyl (C=O) groups is 4. The van der Waals surface area contributed by atoms with Crippen molar-refractivity contribution >= 4 is 46.0 Å². The number of amides is 4. The van der Waals surface area contributed by atoms with E-state index in [2.05, 4.69) is 10.6 Å². The molecule has 3 N–H and O–H groups in total. The molecule has 1 atom stereocenters. The smallest absolute Gasteiger partial charge is 0.286 e. The van der Waals surface area contributed by atoms with Crippen molar-refractivity contribution in [3.8, 4) is 0 Å².